The third-order valence-corrected chi connectivity index (χ3v) is 6.66. The highest BCUT2D eigenvalue weighted by atomic mass is 19.1. The lowest BCUT2D eigenvalue weighted by Gasteiger charge is -2.52. The number of nitrogens with two attached hydrogens (primary N) is 1. The Hall–Kier alpha value is -2.41. The first-order chi connectivity index (χ1) is 13.9. The molecule has 0 aromatic heterocycles. The molecule has 3 aliphatic carbocycles. The molecule has 3 saturated carbocycles. The predicted molar refractivity (Wildman–Crippen MR) is 107 cm³/mol. The van der Waals surface area contributed by atoms with Gasteiger partial charge in [0.1, 0.15) is 12.4 Å². The van der Waals surface area contributed by atoms with Gasteiger partial charge in [0.2, 0.25) is 5.91 Å². The Morgan fingerprint density at radius 1 is 1.14 bits per heavy atom. The van der Waals surface area contributed by atoms with E-state index in [4.69, 9.17) is 15.6 Å². The van der Waals surface area contributed by atoms with E-state index in [1.54, 1.807) is 0 Å². The van der Waals surface area contributed by atoms with Gasteiger partial charge in [-0.05, 0) is 61.6 Å². The van der Waals surface area contributed by atoms with E-state index in [0.29, 0.717) is 17.7 Å². The molecular formula is C22H29FN2O4. The number of benzene rings is 1. The first-order valence-corrected chi connectivity index (χ1v) is 10.1. The zero-order valence-electron chi connectivity index (χ0n) is 16.6. The Morgan fingerprint density at radius 2 is 1.76 bits per heavy atom. The summed E-state index contributed by atoms with van der Waals surface area (Å²) in [5.41, 5.74) is 6.84. The Labute approximate surface area is 170 Å². The lowest BCUT2D eigenvalue weighted by molar-refractivity contribution is -0.139. The van der Waals surface area contributed by atoms with Crippen LogP contribution in [0.5, 0.6) is 5.75 Å². The number of carbonyl (C=O) groups is 2. The van der Waals surface area contributed by atoms with Crippen molar-refractivity contribution in [3.63, 3.8) is 0 Å². The third-order valence-electron chi connectivity index (χ3n) is 6.66. The van der Waals surface area contributed by atoms with Gasteiger partial charge in [-0.2, -0.15) is 0 Å². The molecule has 0 spiro atoms. The zero-order valence-corrected chi connectivity index (χ0v) is 16.6. The lowest BCUT2D eigenvalue weighted by Crippen LogP contribution is -2.51. The number of aliphatic carboxylic acids is 1. The summed E-state index contributed by atoms with van der Waals surface area (Å²) in [4.78, 5) is 23.3. The summed E-state index contributed by atoms with van der Waals surface area (Å²) in [7, 11) is 0. The average molecular weight is 404 g/mol. The van der Waals surface area contributed by atoms with Crippen molar-refractivity contribution < 1.29 is 23.8 Å². The topological polar surface area (TPSA) is 102 Å². The van der Waals surface area contributed by atoms with Crippen LogP contribution in [-0.4, -0.2) is 36.7 Å². The van der Waals surface area contributed by atoms with E-state index < -0.39 is 5.97 Å². The second-order valence-electron chi connectivity index (χ2n) is 8.24. The van der Waals surface area contributed by atoms with Gasteiger partial charge < -0.3 is 20.9 Å². The highest BCUT2D eigenvalue weighted by Crippen LogP contribution is 2.57. The molecule has 0 unspecified atom stereocenters. The van der Waals surface area contributed by atoms with E-state index in [1.165, 1.54) is 5.56 Å². The number of carboxylic acid groups (broad SMARTS) is 1. The number of carboxylic acids is 1. The maximum absolute atomic E-state index is 12.7. The number of rotatable bonds is 9. The fraction of sp³-hybridized carbons (Fsp3) is 0.545. The van der Waals surface area contributed by atoms with E-state index >= 15 is 0 Å². The second kappa shape index (κ2) is 8.95. The fourth-order valence-electron chi connectivity index (χ4n) is 4.65. The first-order valence-electron chi connectivity index (χ1n) is 10.1. The van der Waals surface area contributed by atoms with Gasteiger partial charge in [0.15, 0.2) is 0 Å². The molecule has 0 atom stereocenters. The van der Waals surface area contributed by atoms with Crippen LogP contribution in [0.2, 0.25) is 0 Å². The summed E-state index contributed by atoms with van der Waals surface area (Å²) in [5, 5.41) is 11.6. The van der Waals surface area contributed by atoms with Crippen molar-refractivity contribution in [1.82, 2.24) is 5.32 Å². The quantitative estimate of drug-likeness (QED) is 0.587. The van der Waals surface area contributed by atoms with Gasteiger partial charge in [-0.1, -0.05) is 12.1 Å². The van der Waals surface area contributed by atoms with Crippen LogP contribution >= 0.6 is 0 Å². The van der Waals surface area contributed by atoms with Crippen LogP contribution in [0.4, 0.5) is 4.39 Å². The molecule has 7 heteroatoms. The largest absolute Gasteiger partial charge is 0.489 e. The summed E-state index contributed by atoms with van der Waals surface area (Å²) < 4.78 is 18.2. The molecule has 1 aromatic rings. The molecule has 6 nitrogen and oxygen atoms in total. The zero-order chi connectivity index (χ0) is 20.9. The Morgan fingerprint density at radius 3 is 2.28 bits per heavy atom. The number of fused-ring (bicyclic) bond motifs is 3. The van der Waals surface area contributed by atoms with E-state index in [-0.39, 0.29) is 42.9 Å². The molecule has 0 saturated heterocycles. The third kappa shape index (κ3) is 4.61. The van der Waals surface area contributed by atoms with Gasteiger partial charge in [0.05, 0.1) is 12.8 Å². The molecule has 3 aliphatic rings. The molecule has 29 heavy (non-hydrogen) atoms. The minimum atomic E-state index is -0.901. The normalized spacial score (nSPS) is 26.2. The summed E-state index contributed by atoms with van der Waals surface area (Å²) in [6.45, 7) is 0.451. The molecule has 2 bridgehead atoms. The average Bonchev–Trinajstić information content (AvgIpc) is 2.76. The minimum Gasteiger partial charge on any atom is -0.489 e. The van der Waals surface area contributed by atoms with Gasteiger partial charge >= 0.3 is 5.97 Å². The van der Waals surface area contributed by atoms with Gasteiger partial charge in [-0.15, -0.1) is 0 Å². The SMILES string of the molecule is NC/C(=C\F)COc1ccc(C23CCC(C(=O)NCCC(=O)O)(CC2)CC3)cc1. The van der Waals surface area contributed by atoms with Crippen molar-refractivity contribution in [3.05, 3.63) is 41.7 Å². The van der Waals surface area contributed by atoms with Crippen LogP contribution < -0.4 is 15.8 Å². The van der Waals surface area contributed by atoms with E-state index in [0.717, 1.165) is 38.5 Å². The second-order valence-corrected chi connectivity index (χ2v) is 8.24. The number of halogens is 1. The van der Waals surface area contributed by atoms with Gasteiger partial charge in [0.25, 0.3) is 0 Å². The summed E-state index contributed by atoms with van der Waals surface area (Å²) in [6, 6.07) is 7.96. The lowest BCUT2D eigenvalue weighted by atomic mass is 9.51. The number of hydrogen-bond acceptors (Lipinski definition) is 4. The first kappa shape index (κ1) is 21.3. The standard InChI is InChI=1S/C22H29FN2O4/c23-13-16(14-24)15-29-18-3-1-17(2-4-18)21-6-9-22(10-7-21,11-8-21)20(28)25-12-5-19(26)27/h1-4,13H,5-12,14-15,24H2,(H,25,28)(H,26,27)/b16-13+. The smallest absolute Gasteiger partial charge is 0.305 e. The minimum absolute atomic E-state index is 0.00687. The predicted octanol–water partition coefficient (Wildman–Crippen LogP) is 3.06. The Bertz CT molecular complexity index is 751. The number of carbonyl (C=O) groups excluding carboxylic acids is 1. The molecule has 0 heterocycles. The van der Waals surface area contributed by atoms with E-state index in [1.807, 2.05) is 12.1 Å². The van der Waals surface area contributed by atoms with Crippen molar-refractivity contribution in [2.75, 3.05) is 19.7 Å². The molecule has 0 aliphatic heterocycles. The van der Waals surface area contributed by atoms with Crippen LogP contribution in [0.3, 0.4) is 0 Å². The van der Waals surface area contributed by atoms with Gasteiger partial charge in [-0.25, -0.2) is 4.39 Å². The molecule has 1 aromatic carbocycles. The molecule has 3 fully saturated rings. The monoisotopic (exact) mass is 404 g/mol. The number of hydrogen-bond donors (Lipinski definition) is 3. The van der Waals surface area contributed by atoms with Crippen LogP contribution in [0.15, 0.2) is 36.2 Å². The maximum atomic E-state index is 12.7. The van der Waals surface area contributed by atoms with Gasteiger partial charge in [-0.3, -0.25) is 9.59 Å². The van der Waals surface area contributed by atoms with Gasteiger partial charge in [0, 0.05) is 24.1 Å². The van der Waals surface area contributed by atoms with E-state index in [2.05, 4.69) is 17.4 Å². The van der Waals surface area contributed by atoms with Crippen molar-refractivity contribution in [1.29, 1.82) is 0 Å². The summed E-state index contributed by atoms with van der Waals surface area (Å²) >= 11 is 0. The van der Waals surface area contributed by atoms with Crippen molar-refractivity contribution >= 4 is 11.9 Å². The molecule has 1 amide bonds. The molecule has 4 N–H and O–H groups in total. The molecular weight excluding hydrogens is 375 g/mol. The molecule has 0 radical (unpaired) electrons. The number of ether oxygens (including phenoxy) is 1. The maximum Gasteiger partial charge on any atom is 0.305 e. The highest BCUT2D eigenvalue weighted by Gasteiger charge is 2.52. The van der Waals surface area contributed by atoms with E-state index in [9.17, 15) is 14.0 Å². The number of nitrogens with one attached hydrogen (secondary N) is 1. The molecule has 158 valence electrons. The van der Waals surface area contributed by atoms with Crippen molar-refractivity contribution in [2.24, 2.45) is 11.1 Å². The Kier molecular flexibility index (Phi) is 6.57. The summed E-state index contributed by atoms with van der Waals surface area (Å²) in [5.74, 6) is -0.217. The summed E-state index contributed by atoms with van der Waals surface area (Å²) in [6.07, 6.45) is 5.75. The molecule has 4 rings (SSSR count). The van der Waals surface area contributed by atoms with Crippen LogP contribution in [0.25, 0.3) is 0 Å². The highest BCUT2D eigenvalue weighted by molar-refractivity contribution is 5.83. The Balaban J connectivity index is 1.59. The fourth-order valence-corrected chi connectivity index (χ4v) is 4.65. The number of amides is 1. The van der Waals surface area contributed by atoms with Crippen molar-refractivity contribution in [3.8, 4) is 5.75 Å². The van der Waals surface area contributed by atoms with Crippen LogP contribution in [0, 0.1) is 5.41 Å². The van der Waals surface area contributed by atoms with Crippen LogP contribution in [-0.2, 0) is 15.0 Å². The van der Waals surface area contributed by atoms with Crippen molar-refractivity contribution in [2.45, 2.75) is 50.4 Å². The van der Waals surface area contributed by atoms with Crippen LogP contribution in [0.1, 0.15) is 50.5 Å².